The molecule has 0 aliphatic heterocycles. The topological polar surface area (TPSA) is 46.9 Å². The Hall–Kier alpha value is -1.16. The molecule has 0 fully saturated rings. The summed E-state index contributed by atoms with van der Waals surface area (Å²) in [6.45, 7) is 8.73. The molecule has 1 heterocycles. The summed E-state index contributed by atoms with van der Waals surface area (Å²) in [6.07, 6.45) is 1.16. The molecule has 1 rings (SSSR count). The van der Waals surface area contributed by atoms with Crippen LogP contribution < -0.4 is 10.9 Å². The summed E-state index contributed by atoms with van der Waals surface area (Å²) in [4.78, 5) is 11.4. The van der Waals surface area contributed by atoms with E-state index in [1.807, 2.05) is 6.92 Å². The number of nitrogens with one attached hydrogen (secondary N) is 1. The maximum atomic E-state index is 11.4. The van der Waals surface area contributed by atoms with E-state index in [0.717, 1.165) is 25.2 Å². The van der Waals surface area contributed by atoms with Gasteiger partial charge in [-0.05, 0) is 31.9 Å². The van der Waals surface area contributed by atoms with Crippen LogP contribution in [-0.4, -0.2) is 22.9 Å². The zero-order valence-corrected chi connectivity index (χ0v) is 10.4. The van der Waals surface area contributed by atoms with Gasteiger partial charge in [-0.15, -0.1) is 0 Å². The summed E-state index contributed by atoms with van der Waals surface area (Å²) in [7, 11) is 0. The van der Waals surface area contributed by atoms with Crippen molar-refractivity contribution in [1.29, 1.82) is 0 Å². The normalized spacial score (nSPS) is 11.0. The van der Waals surface area contributed by atoms with Crippen molar-refractivity contribution in [2.75, 3.05) is 13.1 Å². The summed E-state index contributed by atoms with van der Waals surface area (Å²) >= 11 is 0. The van der Waals surface area contributed by atoms with Crippen LogP contribution in [0.5, 0.6) is 0 Å². The third-order valence-electron chi connectivity index (χ3n) is 2.40. The molecule has 0 unspecified atom stereocenters. The van der Waals surface area contributed by atoms with Crippen molar-refractivity contribution in [2.24, 2.45) is 5.92 Å². The Morgan fingerprint density at radius 3 is 2.81 bits per heavy atom. The minimum Gasteiger partial charge on any atom is -0.315 e. The third kappa shape index (κ3) is 4.57. The highest BCUT2D eigenvalue weighted by atomic mass is 16.1. The number of nitrogens with zero attached hydrogens (tertiary/aromatic N) is 2. The lowest BCUT2D eigenvalue weighted by atomic mass is 10.1. The summed E-state index contributed by atoms with van der Waals surface area (Å²) in [5.41, 5.74) is 0.845. The Labute approximate surface area is 96.7 Å². The number of hydrogen-bond donors (Lipinski definition) is 1. The van der Waals surface area contributed by atoms with E-state index in [0.29, 0.717) is 12.5 Å². The van der Waals surface area contributed by atoms with E-state index in [1.54, 1.807) is 12.1 Å². The van der Waals surface area contributed by atoms with E-state index >= 15 is 0 Å². The van der Waals surface area contributed by atoms with Crippen molar-refractivity contribution in [1.82, 2.24) is 15.1 Å². The number of hydrogen-bond acceptors (Lipinski definition) is 3. The molecular weight excluding hydrogens is 202 g/mol. The van der Waals surface area contributed by atoms with Gasteiger partial charge in [0.05, 0.1) is 12.2 Å². The van der Waals surface area contributed by atoms with Crippen LogP contribution in [0.2, 0.25) is 0 Å². The van der Waals surface area contributed by atoms with Gasteiger partial charge in [-0.1, -0.05) is 13.8 Å². The fraction of sp³-hybridized carbons (Fsp3) is 0.667. The predicted molar refractivity (Wildman–Crippen MR) is 65.6 cm³/mol. The number of aromatic nitrogens is 2. The molecule has 0 radical (unpaired) electrons. The first-order valence-electron chi connectivity index (χ1n) is 5.85. The quantitative estimate of drug-likeness (QED) is 0.737. The molecule has 0 bridgehead atoms. The second-order valence-corrected chi connectivity index (χ2v) is 4.47. The smallest absolute Gasteiger partial charge is 0.266 e. The molecule has 0 amide bonds. The molecule has 16 heavy (non-hydrogen) atoms. The highest BCUT2D eigenvalue weighted by molar-refractivity contribution is 4.96. The molecule has 0 aliphatic carbocycles. The van der Waals surface area contributed by atoms with Crippen LogP contribution in [0.3, 0.4) is 0 Å². The molecule has 0 aromatic carbocycles. The average Bonchev–Trinajstić information content (AvgIpc) is 2.22. The maximum Gasteiger partial charge on any atom is 0.266 e. The van der Waals surface area contributed by atoms with E-state index in [2.05, 4.69) is 24.3 Å². The zero-order valence-electron chi connectivity index (χ0n) is 10.4. The van der Waals surface area contributed by atoms with Crippen molar-refractivity contribution >= 4 is 0 Å². The molecule has 0 aliphatic rings. The molecule has 90 valence electrons. The summed E-state index contributed by atoms with van der Waals surface area (Å²) in [5.74, 6) is 0.715. The van der Waals surface area contributed by atoms with Gasteiger partial charge in [0.15, 0.2) is 0 Å². The first-order chi connectivity index (χ1) is 7.59. The van der Waals surface area contributed by atoms with Gasteiger partial charge >= 0.3 is 0 Å². The van der Waals surface area contributed by atoms with E-state index in [1.165, 1.54) is 4.68 Å². The van der Waals surface area contributed by atoms with Crippen molar-refractivity contribution in [2.45, 2.75) is 33.7 Å². The highest BCUT2D eigenvalue weighted by Gasteiger charge is 1.97. The second kappa shape index (κ2) is 6.43. The van der Waals surface area contributed by atoms with E-state index in [-0.39, 0.29) is 5.56 Å². The molecule has 0 saturated heterocycles. The van der Waals surface area contributed by atoms with Gasteiger partial charge < -0.3 is 5.32 Å². The van der Waals surface area contributed by atoms with Gasteiger partial charge in [0.1, 0.15) is 0 Å². The van der Waals surface area contributed by atoms with Crippen molar-refractivity contribution < 1.29 is 0 Å². The fourth-order valence-electron chi connectivity index (χ4n) is 1.41. The van der Waals surface area contributed by atoms with Gasteiger partial charge in [0.2, 0.25) is 0 Å². The molecule has 0 atom stereocenters. The molecule has 1 N–H and O–H groups in total. The monoisotopic (exact) mass is 223 g/mol. The van der Waals surface area contributed by atoms with Crippen LogP contribution in [0.1, 0.15) is 26.0 Å². The van der Waals surface area contributed by atoms with Crippen molar-refractivity contribution in [3.8, 4) is 0 Å². The first kappa shape index (κ1) is 12.9. The SMILES string of the molecule is Cc1ccc(=O)n(CCNCCC(C)C)n1. The Morgan fingerprint density at radius 1 is 1.38 bits per heavy atom. The Bertz CT molecular complexity index is 371. The zero-order chi connectivity index (χ0) is 12.0. The summed E-state index contributed by atoms with van der Waals surface area (Å²) in [5, 5.41) is 7.48. The van der Waals surface area contributed by atoms with Crippen LogP contribution in [0.25, 0.3) is 0 Å². The van der Waals surface area contributed by atoms with Crippen LogP contribution in [0, 0.1) is 12.8 Å². The van der Waals surface area contributed by atoms with Crippen LogP contribution in [0.4, 0.5) is 0 Å². The molecule has 0 spiro atoms. The Balaban J connectivity index is 2.32. The molecule has 0 saturated carbocycles. The largest absolute Gasteiger partial charge is 0.315 e. The van der Waals surface area contributed by atoms with Crippen LogP contribution >= 0.6 is 0 Å². The lowest BCUT2D eigenvalue weighted by Gasteiger charge is -2.08. The lowest BCUT2D eigenvalue weighted by Crippen LogP contribution is -2.29. The van der Waals surface area contributed by atoms with Gasteiger partial charge in [-0.3, -0.25) is 4.79 Å². The minimum absolute atomic E-state index is 0.0312. The number of rotatable bonds is 6. The fourth-order valence-corrected chi connectivity index (χ4v) is 1.41. The third-order valence-corrected chi connectivity index (χ3v) is 2.40. The van der Waals surface area contributed by atoms with E-state index < -0.39 is 0 Å². The van der Waals surface area contributed by atoms with Gasteiger partial charge in [0, 0.05) is 12.6 Å². The molecular formula is C12H21N3O. The van der Waals surface area contributed by atoms with Gasteiger partial charge in [0.25, 0.3) is 5.56 Å². The van der Waals surface area contributed by atoms with Crippen LogP contribution in [0.15, 0.2) is 16.9 Å². The molecule has 4 heteroatoms. The molecule has 1 aromatic rings. The van der Waals surface area contributed by atoms with Crippen molar-refractivity contribution in [3.05, 3.63) is 28.2 Å². The standard InChI is InChI=1S/C12H21N3O/c1-10(2)6-7-13-8-9-15-12(16)5-4-11(3)14-15/h4-5,10,13H,6-9H2,1-3H3. The van der Waals surface area contributed by atoms with E-state index in [4.69, 9.17) is 0 Å². The summed E-state index contributed by atoms with van der Waals surface area (Å²) < 4.78 is 1.51. The van der Waals surface area contributed by atoms with Gasteiger partial charge in [-0.2, -0.15) is 5.10 Å². The summed E-state index contributed by atoms with van der Waals surface area (Å²) in [6, 6.07) is 3.31. The predicted octanol–water partition coefficient (Wildman–Crippen LogP) is 1.19. The Kier molecular flexibility index (Phi) is 5.19. The van der Waals surface area contributed by atoms with E-state index in [9.17, 15) is 4.79 Å². The first-order valence-corrected chi connectivity index (χ1v) is 5.85. The maximum absolute atomic E-state index is 11.4. The highest BCUT2D eigenvalue weighted by Crippen LogP contribution is 1.95. The Morgan fingerprint density at radius 2 is 2.12 bits per heavy atom. The van der Waals surface area contributed by atoms with Crippen LogP contribution in [-0.2, 0) is 6.54 Å². The van der Waals surface area contributed by atoms with Crippen molar-refractivity contribution in [3.63, 3.8) is 0 Å². The molecule has 4 nitrogen and oxygen atoms in total. The lowest BCUT2D eigenvalue weighted by molar-refractivity contribution is 0.493. The average molecular weight is 223 g/mol. The number of aryl methyl sites for hydroxylation is 1. The minimum atomic E-state index is -0.0312. The molecule has 1 aromatic heterocycles. The van der Waals surface area contributed by atoms with Gasteiger partial charge in [-0.25, -0.2) is 4.68 Å². The second-order valence-electron chi connectivity index (χ2n) is 4.47.